The van der Waals surface area contributed by atoms with Gasteiger partial charge in [0.1, 0.15) is 13.0 Å². The summed E-state index contributed by atoms with van der Waals surface area (Å²) in [6.45, 7) is -0.0190. The van der Waals surface area contributed by atoms with Gasteiger partial charge < -0.3 is 31.1 Å². The first-order valence-electron chi connectivity index (χ1n) is 6.11. The molecule has 0 unspecified atom stereocenters. The molecule has 0 spiro atoms. The van der Waals surface area contributed by atoms with Gasteiger partial charge in [-0.2, -0.15) is 15.0 Å². The zero-order valence-corrected chi connectivity index (χ0v) is 13.0. The Morgan fingerprint density at radius 2 is 2.00 bits per heavy atom. The summed E-state index contributed by atoms with van der Waals surface area (Å²) in [4.78, 5) is 33.1. The Hall–Kier alpha value is -2.17. The van der Waals surface area contributed by atoms with E-state index in [1.807, 2.05) is 0 Å². The van der Waals surface area contributed by atoms with E-state index in [1.54, 1.807) is 24.5 Å². The predicted molar refractivity (Wildman–Crippen MR) is 80.9 cm³/mol. The zero-order chi connectivity index (χ0) is 16.0. The van der Waals surface area contributed by atoms with Crippen LogP contribution in [0.3, 0.4) is 0 Å². The van der Waals surface area contributed by atoms with Gasteiger partial charge in [-0.25, -0.2) is 0 Å². The van der Waals surface area contributed by atoms with Crippen LogP contribution in [-0.2, 0) is 9.30 Å². The minimum absolute atomic E-state index is 0. The molecular weight excluding hydrogens is 327 g/mol. The summed E-state index contributed by atoms with van der Waals surface area (Å²) in [5.74, 6) is 0.298. The van der Waals surface area contributed by atoms with Crippen LogP contribution in [0.4, 0.5) is 5.95 Å². The summed E-state index contributed by atoms with van der Waals surface area (Å²) < 4.78 is 20.6. The van der Waals surface area contributed by atoms with Gasteiger partial charge in [0.05, 0.1) is 6.61 Å². The third-order valence-corrected chi connectivity index (χ3v) is 2.79. The zero-order valence-electron chi connectivity index (χ0n) is 12.1. The third-order valence-electron chi connectivity index (χ3n) is 2.27. The number of aromatic nitrogens is 4. The number of hydrogen-bond acceptors (Lipinski definition) is 9. The molecule has 11 nitrogen and oxygen atoms in total. The molecule has 0 fully saturated rings. The minimum Gasteiger partial charge on any atom is -0.461 e. The maximum atomic E-state index is 10.6. The molecule has 23 heavy (non-hydrogen) atoms. The van der Waals surface area contributed by atoms with Crippen molar-refractivity contribution >= 4 is 13.5 Å². The van der Waals surface area contributed by atoms with Gasteiger partial charge in [-0.1, -0.05) is 0 Å². The molecule has 2 heterocycles. The highest BCUT2D eigenvalue weighted by Crippen LogP contribution is 2.33. The van der Waals surface area contributed by atoms with Gasteiger partial charge in [-0.05, 0) is 12.1 Å². The highest BCUT2D eigenvalue weighted by Gasteiger charge is 2.12. The van der Waals surface area contributed by atoms with E-state index < -0.39 is 13.9 Å². The largest absolute Gasteiger partial charge is 0.461 e. The van der Waals surface area contributed by atoms with Crippen molar-refractivity contribution in [1.82, 2.24) is 26.1 Å². The summed E-state index contributed by atoms with van der Waals surface area (Å²) in [6, 6.07) is 3.48. The molecule has 0 aliphatic carbocycles. The monoisotopic (exact) mass is 344 g/mol. The lowest BCUT2D eigenvalue weighted by Gasteiger charge is -2.08. The fourth-order valence-corrected chi connectivity index (χ4v) is 1.80. The van der Waals surface area contributed by atoms with E-state index in [2.05, 4.69) is 19.9 Å². The van der Waals surface area contributed by atoms with Crippen LogP contribution in [0.15, 0.2) is 24.5 Å². The van der Waals surface area contributed by atoms with Gasteiger partial charge in [-0.3, -0.25) is 9.55 Å². The van der Waals surface area contributed by atoms with Crippen molar-refractivity contribution in [3.8, 4) is 17.4 Å². The van der Waals surface area contributed by atoms with Crippen molar-refractivity contribution in [3.63, 3.8) is 0 Å². The van der Waals surface area contributed by atoms with Gasteiger partial charge in [0.15, 0.2) is 5.82 Å². The number of nitrogen functional groups attached to an aromatic ring is 1. The van der Waals surface area contributed by atoms with Crippen LogP contribution in [0.5, 0.6) is 6.01 Å². The second-order valence-electron chi connectivity index (χ2n) is 4.09. The number of nitrogens with zero attached hydrogens (tertiary/aromatic N) is 4. The molecule has 0 bridgehead atoms. The second-order valence-corrected chi connectivity index (χ2v) is 5.68. The van der Waals surface area contributed by atoms with Crippen molar-refractivity contribution in [2.75, 3.05) is 25.3 Å². The molecule has 0 radical (unpaired) electrons. The molecule has 0 saturated carbocycles. The van der Waals surface area contributed by atoms with Crippen LogP contribution in [0.25, 0.3) is 11.4 Å². The first-order valence-corrected chi connectivity index (χ1v) is 7.91. The van der Waals surface area contributed by atoms with Crippen LogP contribution in [0.2, 0.25) is 0 Å². The van der Waals surface area contributed by atoms with Crippen molar-refractivity contribution in [2.24, 2.45) is 0 Å². The molecule has 12 heteroatoms. The number of pyridine rings is 1. The molecule has 0 saturated heterocycles. The Bertz CT molecular complexity index is 667. The van der Waals surface area contributed by atoms with Gasteiger partial charge >= 0.3 is 13.6 Å². The highest BCUT2D eigenvalue weighted by atomic mass is 31.2. The third kappa shape index (κ3) is 6.63. The van der Waals surface area contributed by atoms with E-state index in [9.17, 15) is 4.57 Å². The quantitative estimate of drug-likeness (QED) is 0.396. The molecule has 0 atom stereocenters. The molecule has 0 amide bonds. The summed E-state index contributed by atoms with van der Waals surface area (Å²) >= 11 is 0. The maximum Gasteiger partial charge on any atom is 0.350 e. The maximum absolute atomic E-state index is 10.6. The molecular formula is C11H17N6O5P. The van der Waals surface area contributed by atoms with Crippen LogP contribution in [0.1, 0.15) is 0 Å². The Morgan fingerprint density at radius 1 is 1.22 bits per heavy atom. The fraction of sp³-hybridized carbons (Fsp3) is 0.273. The molecule has 2 rings (SSSR count). The Morgan fingerprint density at radius 3 is 2.65 bits per heavy atom. The normalized spacial score (nSPS) is 10.9. The molecule has 0 aliphatic heterocycles. The van der Waals surface area contributed by atoms with Crippen LogP contribution >= 0.6 is 7.60 Å². The van der Waals surface area contributed by atoms with Gasteiger partial charge in [0.25, 0.3) is 0 Å². The van der Waals surface area contributed by atoms with Crippen molar-refractivity contribution in [2.45, 2.75) is 0 Å². The molecule has 7 N–H and O–H groups in total. The summed E-state index contributed by atoms with van der Waals surface area (Å²) in [7, 11) is -4.18. The number of hydrogen-bond donors (Lipinski definition) is 4. The first kappa shape index (κ1) is 18.9. The smallest absolute Gasteiger partial charge is 0.350 e. The number of ether oxygens (including phenoxy) is 2. The molecule has 126 valence electrons. The van der Waals surface area contributed by atoms with Crippen molar-refractivity contribution in [1.29, 1.82) is 0 Å². The Labute approximate surface area is 131 Å². The highest BCUT2D eigenvalue weighted by molar-refractivity contribution is 7.51. The van der Waals surface area contributed by atoms with Crippen LogP contribution in [0, 0.1) is 0 Å². The van der Waals surface area contributed by atoms with E-state index in [-0.39, 0.29) is 31.3 Å². The van der Waals surface area contributed by atoms with E-state index in [4.69, 9.17) is 25.0 Å². The Balaban J connectivity index is 0.00000264. The molecule has 2 aromatic rings. The van der Waals surface area contributed by atoms with Crippen LogP contribution < -0.4 is 16.6 Å². The standard InChI is InChI=1S/C11H14N5O5P.H3N/c12-10-14-9(8-2-1-3-13-6-8)15-11(16-10)21-5-4-20-7-22(17,18)19;/h1-3,6H,4-5,7H2,(H2,17,18,19)(H2,12,14,15,16);1H3. The van der Waals surface area contributed by atoms with E-state index in [0.29, 0.717) is 11.4 Å². The summed E-state index contributed by atoms with van der Waals surface area (Å²) in [6.07, 6.45) is 2.52. The predicted octanol–water partition coefficient (Wildman–Crippen LogP) is 0.208. The number of rotatable bonds is 7. The minimum atomic E-state index is -4.18. The van der Waals surface area contributed by atoms with Gasteiger partial charge in [0.2, 0.25) is 5.95 Å². The number of anilines is 1. The van der Waals surface area contributed by atoms with E-state index >= 15 is 0 Å². The lowest BCUT2D eigenvalue weighted by molar-refractivity contribution is 0.115. The summed E-state index contributed by atoms with van der Waals surface area (Å²) in [5, 5.41) is 0. The number of nitrogens with two attached hydrogens (primary N) is 1. The van der Waals surface area contributed by atoms with Crippen molar-refractivity contribution < 1.29 is 23.8 Å². The molecule has 0 aromatic carbocycles. The summed E-state index contributed by atoms with van der Waals surface area (Å²) in [5.41, 5.74) is 6.24. The average molecular weight is 344 g/mol. The SMILES string of the molecule is N.Nc1nc(OCCOCP(=O)(O)O)nc(-c2cccnc2)n1. The fourth-order valence-electron chi connectivity index (χ4n) is 1.44. The lowest BCUT2D eigenvalue weighted by Crippen LogP contribution is -2.11. The van der Waals surface area contributed by atoms with Crippen molar-refractivity contribution in [3.05, 3.63) is 24.5 Å². The average Bonchev–Trinajstić information content (AvgIpc) is 2.46. The molecule has 2 aromatic heterocycles. The van der Waals surface area contributed by atoms with Gasteiger partial charge in [-0.15, -0.1) is 0 Å². The molecule has 0 aliphatic rings. The van der Waals surface area contributed by atoms with Crippen LogP contribution in [-0.4, -0.2) is 49.3 Å². The topological polar surface area (TPSA) is 189 Å². The second kappa shape index (κ2) is 8.46. The lowest BCUT2D eigenvalue weighted by atomic mass is 10.3. The first-order chi connectivity index (χ1) is 10.4. The van der Waals surface area contributed by atoms with E-state index in [0.717, 1.165) is 0 Å². The Kier molecular flexibility index (Phi) is 6.94. The van der Waals surface area contributed by atoms with Gasteiger partial charge in [0, 0.05) is 18.0 Å². The van der Waals surface area contributed by atoms with E-state index in [1.165, 1.54) is 0 Å².